The number of rotatable bonds is 8. The summed E-state index contributed by atoms with van der Waals surface area (Å²) in [5, 5.41) is 24.4. The quantitative estimate of drug-likeness (QED) is 0.290. The molecule has 5 rings (SSSR count). The lowest BCUT2D eigenvalue weighted by molar-refractivity contribution is 0.271. The zero-order valence-corrected chi connectivity index (χ0v) is 20.2. The molecule has 0 saturated carbocycles. The van der Waals surface area contributed by atoms with Gasteiger partial charge in [-0.05, 0) is 33.5 Å². The van der Waals surface area contributed by atoms with Crippen LogP contribution >= 0.6 is 11.6 Å². The molecule has 9 nitrogen and oxygen atoms in total. The van der Waals surface area contributed by atoms with Crippen molar-refractivity contribution >= 4 is 11.6 Å². The normalized spacial score (nSPS) is 10.7. The lowest BCUT2D eigenvalue weighted by atomic mass is 9.98. The number of aryl methyl sites for hydroxylation is 1. The zero-order chi connectivity index (χ0) is 24.5. The maximum absolute atomic E-state index is 9.77. The SMILES string of the molecule is CCCCc1nc(Cl)c(CO)n1Cc1ccc(-c2ccccc2-c2nnn[nH]2)cc1.c1c[nH]cn1. The van der Waals surface area contributed by atoms with Crippen LogP contribution in [0, 0.1) is 0 Å². The van der Waals surface area contributed by atoms with Crippen molar-refractivity contribution in [3.63, 3.8) is 0 Å². The smallest absolute Gasteiger partial charge is 0.180 e. The Morgan fingerprint density at radius 2 is 1.86 bits per heavy atom. The number of halogens is 1. The highest BCUT2D eigenvalue weighted by Gasteiger charge is 2.15. The predicted molar refractivity (Wildman–Crippen MR) is 135 cm³/mol. The van der Waals surface area contributed by atoms with Crippen LogP contribution in [0.1, 0.15) is 36.8 Å². The summed E-state index contributed by atoms with van der Waals surface area (Å²) in [7, 11) is 0. The van der Waals surface area contributed by atoms with Gasteiger partial charge in [0.2, 0.25) is 0 Å². The van der Waals surface area contributed by atoms with Crippen molar-refractivity contribution in [1.29, 1.82) is 0 Å². The van der Waals surface area contributed by atoms with Crippen molar-refractivity contribution in [1.82, 2.24) is 40.1 Å². The summed E-state index contributed by atoms with van der Waals surface area (Å²) < 4.78 is 2.03. The molecule has 3 heterocycles. The monoisotopic (exact) mass is 490 g/mol. The molecule has 0 amide bonds. The topological polar surface area (TPSA) is 121 Å². The van der Waals surface area contributed by atoms with Gasteiger partial charge in [0.25, 0.3) is 0 Å². The third kappa shape index (κ3) is 6.00. The molecule has 0 fully saturated rings. The van der Waals surface area contributed by atoms with Crippen LogP contribution in [0.4, 0.5) is 0 Å². The van der Waals surface area contributed by atoms with Crippen LogP contribution in [-0.2, 0) is 19.6 Å². The average Bonchev–Trinajstić information content (AvgIpc) is 3.67. The largest absolute Gasteiger partial charge is 0.390 e. The molecule has 0 bridgehead atoms. The van der Waals surface area contributed by atoms with Crippen LogP contribution in [0.25, 0.3) is 22.5 Å². The Morgan fingerprint density at radius 3 is 2.46 bits per heavy atom. The van der Waals surface area contributed by atoms with Gasteiger partial charge in [0.05, 0.1) is 18.6 Å². The van der Waals surface area contributed by atoms with E-state index in [0.717, 1.165) is 47.3 Å². The van der Waals surface area contributed by atoms with Gasteiger partial charge in [0.15, 0.2) is 11.0 Å². The third-order valence-electron chi connectivity index (χ3n) is 5.55. The number of tetrazole rings is 1. The molecule has 3 aromatic heterocycles. The Kier molecular flexibility index (Phi) is 8.37. The number of H-pyrrole nitrogens is 2. The molecule has 0 saturated heterocycles. The number of aliphatic hydroxyl groups excluding tert-OH is 1. The molecular weight excluding hydrogens is 464 g/mol. The van der Waals surface area contributed by atoms with E-state index in [-0.39, 0.29) is 6.61 Å². The minimum absolute atomic E-state index is 0.130. The lowest BCUT2D eigenvalue weighted by Crippen LogP contribution is -2.09. The van der Waals surface area contributed by atoms with Crippen molar-refractivity contribution < 1.29 is 5.11 Å². The number of aromatic nitrogens is 8. The van der Waals surface area contributed by atoms with E-state index in [1.165, 1.54) is 0 Å². The summed E-state index contributed by atoms with van der Waals surface area (Å²) in [5.74, 6) is 1.55. The third-order valence-corrected chi connectivity index (χ3v) is 5.85. The first kappa shape index (κ1) is 24.3. The van der Waals surface area contributed by atoms with Gasteiger partial charge in [0, 0.05) is 30.9 Å². The molecule has 180 valence electrons. The molecule has 5 aromatic rings. The molecule has 0 aliphatic rings. The summed E-state index contributed by atoms with van der Waals surface area (Å²) in [5.41, 5.74) is 4.84. The van der Waals surface area contributed by atoms with Gasteiger partial charge in [-0.25, -0.2) is 15.1 Å². The predicted octanol–water partition coefficient (Wildman–Crippen LogP) is 4.68. The van der Waals surface area contributed by atoms with E-state index in [4.69, 9.17) is 11.6 Å². The second kappa shape index (κ2) is 12.0. The molecule has 0 atom stereocenters. The first-order valence-electron chi connectivity index (χ1n) is 11.4. The lowest BCUT2D eigenvalue weighted by Gasteiger charge is -2.12. The van der Waals surface area contributed by atoms with Crippen LogP contribution in [0.2, 0.25) is 5.15 Å². The molecule has 10 heteroatoms. The highest BCUT2D eigenvalue weighted by Crippen LogP contribution is 2.30. The number of imidazole rings is 2. The minimum Gasteiger partial charge on any atom is -0.390 e. The van der Waals surface area contributed by atoms with Gasteiger partial charge in [-0.3, -0.25) is 0 Å². The highest BCUT2D eigenvalue weighted by atomic mass is 35.5. The van der Waals surface area contributed by atoms with Crippen LogP contribution in [0.3, 0.4) is 0 Å². The number of aliphatic hydroxyl groups is 1. The van der Waals surface area contributed by atoms with Crippen molar-refractivity contribution in [2.75, 3.05) is 0 Å². The standard InChI is InChI=1S/C22H23ClN6O.C3H4N2/c1-2-3-8-20-24-21(23)19(14-30)29(20)13-15-9-11-16(12-10-15)17-6-4-5-7-18(17)22-25-27-28-26-22;1-2-5-3-4-1/h4-7,9-12,30H,2-3,8,13-14H2,1H3,(H,25,26,27,28);1-3H,(H,4,5). The Hall–Kier alpha value is -3.82. The minimum atomic E-state index is -0.130. The van der Waals surface area contributed by atoms with Gasteiger partial charge in [0.1, 0.15) is 5.82 Å². The van der Waals surface area contributed by atoms with Crippen LogP contribution < -0.4 is 0 Å². The van der Waals surface area contributed by atoms with E-state index in [9.17, 15) is 5.11 Å². The molecule has 0 aliphatic carbocycles. The van der Waals surface area contributed by atoms with Crippen molar-refractivity contribution in [3.8, 4) is 22.5 Å². The molecule has 35 heavy (non-hydrogen) atoms. The fourth-order valence-electron chi connectivity index (χ4n) is 3.77. The van der Waals surface area contributed by atoms with Gasteiger partial charge in [-0.1, -0.05) is 73.5 Å². The van der Waals surface area contributed by atoms with Gasteiger partial charge < -0.3 is 14.7 Å². The number of hydrogen-bond donors (Lipinski definition) is 3. The Morgan fingerprint density at radius 1 is 1.06 bits per heavy atom. The molecule has 3 N–H and O–H groups in total. The average molecular weight is 491 g/mol. The highest BCUT2D eigenvalue weighted by molar-refractivity contribution is 6.30. The summed E-state index contributed by atoms with van der Waals surface area (Å²) in [4.78, 5) is 10.9. The van der Waals surface area contributed by atoms with Crippen LogP contribution in [0.5, 0.6) is 0 Å². The van der Waals surface area contributed by atoms with E-state index < -0.39 is 0 Å². The van der Waals surface area contributed by atoms with E-state index >= 15 is 0 Å². The number of hydrogen-bond acceptors (Lipinski definition) is 6. The Balaban J connectivity index is 0.000000514. The maximum atomic E-state index is 9.77. The summed E-state index contributed by atoms with van der Waals surface area (Å²) in [6.07, 6.45) is 8.03. The summed E-state index contributed by atoms with van der Waals surface area (Å²) >= 11 is 6.26. The summed E-state index contributed by atoms with van der Waals surface area (Å²) in [6, 6.07) is 16.3. The zero-order valence-electron chi connectivity index (χ0n) is 19.4. The maximum Gasteiger partial charge on any atom is 0.180 e. The van der Waals surface area contributed by atoms with Crippen LogP contribution in [0.15, 0.2) is 67.3 Å². The molecule has 2 aromatic carbocycles. The number of aromatic amines is 2. The second-order valence-corrected chi connectivity index (χ2v) is 8.22. The molecule has 0 spiro atoms. The molecule has 0 aliphatic heterocycles. The number of benzene rings is 2. The van der Waals surface area contributed by atoms with Gasteiger partial charge in [-0.2, -0.15) is 0 Å². The first-order chi connectivity index (χ1) is 17.2. The van der Waals surface area contributed by atoms with Gasteiger partial charge >= 0.3 is 0 Å². The second-order valence-electron chi connectivity index (χ2n) is 7.87. The van der Waals surface area contributed by atoms with E-state index in [0.29, 0.717) is 23.2 Å². The van der Waals surface area contributed by atoms with E-state index in [1.54, 1.807) is 18.7 Å². The molecule has 0 radical (unpaired) electrons. The Labute approximate surface area is 208 Å². The van der Waals surface area contributed by atoms with Crippen molar-refractivity contribution in [3.05, 3.63) is 89.5 Å². The number of nitrogens with zero attached hydrogens (tertiary/aromatic N) is 6. The van der Waals surface area contributed by atoms with E-state index in [2.05, 4.69) is 72.8 Å². The molecular formula is C25H27ClN8O. The van der Waals surface area contributed by atoms with Gasteiger partial charge in [-0.15, -0.1) is 5.10 Å². The number of unbranched alkanes of at least 4 members (excludes halogenated alkanes) is 1. The number of nitrogens with one attached hydrogen (secondary N) is 2. The fourth-order valence-corrected chi connectivity index (χ4v) is 4.03. The van der Waals surface area contributed by atoms with E-state index in [1.807, 2.05) is 22.8 Å². The summed E-state index contributed by atoms with van der Waals surface area (Å²) in [6.45, 7) is 2.63. The Bertz CT molecular complexity index is 1280. The van der Waals surface area contributed by atoms with Crippen LogP contribution in [-0.4, -0.2) is 45.2 Å². The van der Waals surface area contributed by atoms with Crippen molar-refractivity contribution in [2.24, 2.45) is 0 Å². The first-order valence-corrected chi connectivity index (χ1v) is 11.8. The van der Waals surface area contributed by atoms with Crippen molar-refractivity contribution in [2.45, 2.75) is 39.3 Å². The fraction of sp³-hybridized carbons (Fsp3) is 0.240. The molecule has 0 unspecified atom stereocenters.